The van der Waals surface area contributed by atoms with Crippen LogP contribution in [0.3, 0.4) is 0 Å². The predicted molar refractivity (Wildman–Crippen MR) is 76.2 cm³/mol. The Morgan fingerprint density at radius 2 is 2.38 bits per heavy atom. The number of nitrogens with zero attached hydrogens (tertiary/aromatic N) is 3. The minimum Gasteiger partial charge on any atom is -0.465 e. The van der Waals surface area contributed by atoms with Crippen LogP contribution in [0.2, 0.25) is 0 Å². The fourth-order valence-electron chi connectivity index (χ4n) is 2.34. The van der Waals surface area contributed by atoms with E-state index >= 15 is 0 Å². The van der Waals surface area contributed by atoms with Crippen LogP contribution in [0.25, 0.3) is 0 Å². The standard InChI is InChI=1S/C13H16N4O3S/c1-3-19-12(18)8-4-5-9-11(8)16-13(21-9)14-6-10-15-7(2)20-17-10/h8H,3-6H2,1-2H3,(H,14,16). The molecule has 0 aromatic carbocycles. The first-order valence-corrected chi connectivity index (χ1v) is 7.68. The third kappa shape index (κ3) is 2.90. The van der Waals surface area contributed by atoms with Gasteiger partial charge in [0.2, 0.25) is 5.89 Å². The molecule has 1 atom stereocenters. The minimum atomic E-state index is -0.223. The van der Waals surface area contributed by atoms with Crippen LogP contribution in [-0.2, 0) is 22.5 Å². The molecule has 2 heterocycles. The first-order valence-electron chi connectivity index (χ1n) is 6.86. The molecule has 3 rings (SSSR count). The maximum atomic E-state index is 11.9. The fraction of sp³-hybridized carbons (Fsp3) is 0.538. The fourth-order valence-corrected chi connectivity index (χ4v) is 3.38. The lowest BCUT2D eigenvalue weighted by atomic mass is 10.1. The second-order valence-corrected chi connectivity index (χ2v) is 5.84. The Morgan fingerprint density at radius 1 is 1.52 bits per heavy atom. The van der Waals surface area contributed by atoms with Gasteiger partial charge in [0.15, 0.2) is 11.0 Å². The minimum absolute atomic E-state index is 0.179. The summed E-state index contributed by atoms with van der Waals surface area (Å²) in [6.45, 7) is 4.41. The highest BCUT2D eigenvalue weighted by atomic mass is 32.1. The maximum absolute atomic E-state index is 11.9. The number of aromatic nitrogens is 3. The molecule has 7 nitrogen and oxygen atoms in total. The summed E-state index contributed by atoms with van der Waals surface area (Å²) in [5, 5.41) is 7.76. The van der Waals surface area contributed by atoms with Crippen molar-refractivity contribution in [2.75, 3.05) is 11.9 Å². The molecule has 1 unspecified atom stereocenters. The normalized spacial score (nSPS) is 16.8. The quantitative estimate of drug-likeness (QED) is 0.845. The highest BCUT2D eigenvalue weighted by Gasteiger charge is 2.33. The van der Waals surface area contributed by atoms with Crippen LogP contribution in [-0.4, -0.2) is 27.7 Å². The topological polar surface area (TPSA) is 90.1 Å². The molecule has 1 aliphatic rings. The number of anilines is 1. The van der Waals surface area contributed by atoms with E-state index in [0.29, 0.717) is 24.9 Å². The Morgan fingerprint density at radius 3 is 3.10 bits per heavy atom. The predicted octanol–water partition coefficient (Wildman–Crippen LogP) is 2.04. The van der Waals surface area contributed by atoms with Crippen LogP contribution in [0, 0.1) is 6.92 Å². The summed E-state index contributed by atoms with van der Waals surface area (Å²) in [6.07, 6.45) is 1.66. The lowest BCUT2D eigenvalue weighted by Gasteiger charge is -2.07. The second-order valence-electron chi connectivity index (χ2n) is 4.75. The van der Waals surface area contributed by atoms with Crippen molar-refractivity contribution in [3.63, 3.8) is 0 Å². The van der Waals surface area contributed by atoms with Gasteiger partial charge in [-0.1, -0.05) is 5.16 Å². The number of rotatable bonds is 5. The summed E-state index contributed by atoms with van der Waals surface area (Å²) in [5.41, 5.74) is 0.852. The smallest absolute Gasteiger partial charge is 0.315 e. The third-order valence-corrected chi connectivity index (χ3v) is 4.34. The monoisotopic (exact) mass is 308 g/mol. The molecule has 2 aromatic rings. The van der Waals surface area contributed by atoms with Gasteiger partial charge in [0.1, 0.15) is 5.92 Å². The second kappa shape index (κ2) is 5.80. The average Bonchev–Trinajstić information content (AvgIpc) is 3.11. The van der Waals surface area contributed by atoms with E-state index in [-0.39, 0.29) is 11.9 Å². The molecule has 0 bridgehead atoms. The van der Waals surface area contributed by atoms with Crippen LogP contribution in [0.4, 0.5) is 5.13 Å². The highest BCUT2D eigenvalue weighted by Crippen LogP contribution is 2.38. The summed E-state index contributed by atoms with van der Waals surface area (Å²) in [5.74, 6) is 0.724. The molecule has 0 fully saturated rings. The summed E-state index contributed by atoms with van der Waals surface area (Å²) in [6, 6.07) is 0. The summed E-state index contributed by atoms with van der Waals surface area (Å²) < 4.78 is 10.0. The lowest BCUT2D eigenvalue weighted by molar-refractivity contribution is -0.145. The number of nitrogens with one attached hydrogen (secondary N) is 1. The number of hydrogen-bond acceptors (Lipinski definition) is 8. The van der Waals surface area contributed by atoms with Gasteiger partial charge in [-0.15, -0.1) is 11.3 Å². The van der Waals surface area contributed by atoms with Gasteiger partial charge in [0, 0.05) is 11.8 Å². The van der Waals surface area contributed by atoms with E-state index in [1.54, 1.807) is 18.3 Å². The number of thiazole rings is 1. The molecule has 8 heteroatoms. The molecule has 112 valence electrons. The molecule has 0 spiro atoms. The number of carbonyl (C=O) groups excluding carboxylic acids is 1. The van der Waals surface area contributed by atoms with Crippen molar-refractivity contribution in [1.82, 2.24) is 15.1 Å². The zero-order valence-electron chi connectivity index (χ0n) is 11.9. The molecule has 21 heavy (non-hydrogen) atoms. The van der Waals surface area contributed by atoms with Gasteiger partial charge < -0.3 is 14.6 Å². The van der Waals surface area contributed by atoms with Gasteiger partial charge in [0.25, 0.3) is 0 Å². The Bertz CT molecular complexity index is 652. The number of ether oxygens (including phenoxy) is 1. The highest BCUT2D eigenvalue weighted by molar-refractivity contribution is 7.15. The number of carbonyl (C=O) groups is 1. The molecule has 0 saturated heterocycles. The van der Waals surface area contributed by atoms with Crippen molar-refractivity contribution in [2.45, 2.75) is 39.2 Å². The molecule has 0 radical (unpaired) electrons. The van der Waals surface area contributed by atoms with Gasteiger partial charge >= 0.3 is 5.97 Å². The molecule has 1 N–H and O–H groups in total. The van der Waals surface area contributed by atoms with Gasteiger partial charge in [-0.25, -0.2) is 4.98 Å². The van der Waals surface area contributed by atoms with Gasteiger partial charge in [-0.2, -0.15) is 4.98 Å². The molecule has 0 amide bonds. The van der Waals surface area contributed by atoms with Crippen LogP contribution >= 0.6 is 11.3 Å². The van der Waals surface area contributed by atoms with E-state index in [1.165, 1.54) is 0 Å². The Kier molecular flexibility index (Phi) is 3.87. The molecular weight excluding hydrogens is 292 g/mol. The lowest BCUT2D eigenvalue weighted by Crippen LogP contribution is -2.14. The van der Waals surface area contributed by atoms with E-state index < -0.39 is 0 Å². The van der Waals surface area contributed by atoms with E-state index in [0.717, 1.165) is 28.5 Å². The van der Waals surface area contributed by atoms with Gasteiger partial charge in [0.05, 0.1) is 18.8 Å². The maximum Gasteiger partial charge on any atom is 0.315 e. The van der Waals surface area contributed by atoms with Gasteiger partial charge in [-0.3, -0.25) is 4.79 Å². The van der Waals surface area contributed by atoms with Crippen molar-refractivity contribution in [3.05, 3.63) is 22.3 Å². The van der Waals surface area contributed by atoms with Crippen LogP contribution in [0.1, 0.15) is 41.5 Å². The van der Waals surface area contributed by atoms with E-state index in [2.05, 4.69) is 20.4 Å². The summed E-state index contributed by atoms with van der Waals surface area (Å²) >= 11 is 1.57. The number of fused-ring (bicyclic) bond motifs is 1. The van der Waals surface area contributed by atoms with Crippen molar-refractivity contribution in [1.29, 1.82) is 0 Å². The third-order valence-electron chi connectivity index (χ3n) is 3.26. The van der Waals surface area contributed by atoms with Crippen molar-refractivity contribution < 1.29 is 14.1 Å². The average molecular weight is 308 g/mol. The Labute approximate surface area is 125 Å². The molecule has 0 aliphatic heterocycles. The molecular formula is C13H16N4O3S. The first-order chi connectivity index (χ1) is 10.2. The first kappa shape index (κ1) is 14.0. The number of aryl methyl sites for hydroxylation is 2. The Hall–Kier alpha value is -1.96. The molecule has 1 aliphatic carbocycles. The zero-order valence-corrected chi connectivity index (χ0v) is 12.7. The summed E-state index contributed by atoms with van der Waals surface area (Å²) in [4.78, 5) is 21.7. The van der Waals surface area contributed by atoms with Crippen LogP contribution in [0.15, 0.2) is 4.52 Å². The van der Waals surface area contributed by atoms with E-state index in [9.17, 15) is 4.79 Å². The van der Waals surface area contributed by atoms with Crippen LogP contribution in [0.5, 0.6) is 0 Å². The Balaban J connectivity index is 1.67. The van der Waals surface area contributed by atoms with Crippen molar-refractivity contribution in [3.8, 4) is 0 Å². The van der Waals surface area contributed by atoms with Crippen molar-refractivity contribution in [2.24, 2.45) is 0 Å². The van der Waals surface area contributed by atoms with Crippen molar-refractivity contribution >= 4 is 22.4 Å². The van der Waals surface area contributed by atoms with Gasteiger partial charge in [-0.05, 0) is 19.8 Å². The largest absolute Gasteiger partial charge is 0.465 e. The number of esters is 1. The van der Waals surface area contributed by atoms with E-state index in [1.807, 2.05) is 6.92 Å². The molecule has 2 aromatic heterocycles. The van der Waals surface area contributed by atoms with Crippen LogP contribution < -0.4 is 5.32 Å². The SMILES string of the molecule is CCOC(=O)C1CCc2sc(NCc3noc(C)n3)nc21. The zero-order chi connectivity index (χ0) is 14.8. The van der Waals surface area contributed by atoms with E-state index in [4.69, 9.17) is 9.26 Å². The number of hydrogen-bond donors (Lipinski definition) is 1. The summed E-state index contributed by atoms with van der Waals surface area (Å²) in [7, 11) is 0. The molecule has 0 saturated carbocycles.